The molecule has 0 atom stereocenters. The molecule has 3 heterocycles. The van der Waals surface area contributed by atoms with Crippen LogP contribution in [0.3, 0.4) is 0 Å². The first-order chi connectivity index (χ1) is 11.7. The van der Waals surface area contributed by atoms with E-state index in [0.29, 0.717) is 17.0 Å². The van der Waals surface area contributed by atoms with Crippen LogP contribution in [0, 0.1) is 6.92 Å². The number of furan rings is 1. The van der Waals surface area contributed by atoms with Crippen molar-refractivity contribution in [2.75, 3.05) is 13.1 Å². The van der Waals surface area contributed by atoms with E-state index in [1.165, 1.54) is 0 Å². The Labute approximate surface area is 141 Å². The molecule has 0 N–H and O–H groups in total. The maximum atomic E-state index is 12.9. The number of hydrogen-bond acceptors (Lipinski definition) is 4. The quantitative estimate of drug-likeness (QED) is 0.695. The van der Waals surface area contributed by atoms with Gasteiger partial charge in [-0.2, -0.15) is 5.10 Å². The van der Waals surface area contributed by atoms with Crippen LogP contribution in [0.5, 0.6) is 0 Å². The molecular weight excluding hydrogens is 304 g/mol. The number of fused-ring (bicyclic) bond motifs is 1. The molecule has 0 aliphatic carbocycles. The van der Waals surface area contributed by atoms with Crippen LogP contribution in [0.2, 0.25) is 0 Å². The van der Waals surface area contributed by atoms with Gasteiger partial charge in [0.2, 0.25) is 0 Å². The zero-order chi connectivity index (χ0) is 17.1. The first kappa shape index (κ1) is 16.2. The average molecular weight is 326 g/mol. The second-order valence-corrected chi connectivity index (χ2v) is 5.83. The fourth-order valence-electron chi connectivity index (χ4n) is 2.83. The minimum atomic E-state index is -0.0195. The smallest absolute Gasteiger partial charge is 0.259 e. The Hall–Kier alpha value is -2.63. The third-order valence-electron chi connectivity index (χ3n) is 3.90. The predicted octanol–water partition coefficient (Wildman–Crippen LogP) is 3.56. The van der Waals surface area contributed by atoms with Crippen LogP contribution in [0.1, 0.15) is 42.8 Å². The lowest BCUT2D eigenvalue weighted by atomic mass is 10.2. The van der Waals surface area contributed by atoms with Crippen LogP contribution in [0.25, 0.3) is 17.1 Å². The Kier molecular flexibility index (Phi) is 4.64. The molecule has 24 heavy (non-hydrogen) atoms. The molecule has 6 nitrogen and oxygen atoms in total. The van der Waals surface area contributed by atoms with Crippen molar-refractivity contribution in [3.05, 3.63) is 41.9 Å². The summed E-state index contributed by atoms with van der Waals surface area (Å²) in [5.74, 6) is 1.52. The molecule has 0 aliphatic heterocycles. The highest BCUT2D eigenvalue weighted by molar-refractivity contribution is 5.99. The molecule has 3 rings (SSSR count). The van der Waals surface area contributed by atoms with Gasteiger partial charge in [-0.3, -0.25) is 4.79 Å². The van der Waals surface area contributed by atoms with E-state index in [4.69, 9.17) is 4.42 Å². The first-order valence-electron chi connectivity index (χ1n) is 8.34. The summed E-state index contributed by atoms with van der Waals surface area (Å²) in [6.45, 7) is 7.51. The molecule has 3 aromatic rings. The molecule has 0 aliphatic rings. The summed E-state index contributed by atoms with van der Waals surface area (Å²) >= 11 is 0. The number of aryl methyl sites for hydroxylation is 1. The van der Waals surface area contributed by atoms with Crippen molar-refractivity contribution in [1.29, 1.82) is 0 Å². The molecule has 0 fully saturated rings. The lowest BCUT2D eigenvalue weighted by Crippen LogP contribution is -2.32. The van der Waals surface area contributed by atoms with Crippen molar-refractivity contribution in [3.63, 3.8) is 0 Å². The van der Waals surface area contributed by atoms with Gasteiger partial charge in [-0.05, 0) is 38.0 Å². The van der Waals surface area contributed by atoms with Gasteiger partial charge < -0.3 is 9.32 Å². The van der Waals surface area contributed by atoms with E-state index in [1.807, 2.05) is 30.0 Å². The highest BCUT2D eigenvalue weighted by Crippen LogP contribution is 2.23. The van der Waals surface area contributed by atoms with Gasteiger partial charge in [0.05, 0.1) is 6.20 Å². The van der Waals surface area contributed by atoms with Crippen LogP contribution in [-0.2, 0) is 0 Å². The molecule has 0 aromatic carbocycles. The molecule has 3 aromatic heterocycles. The number of amides is 1. The Morgan fingerprint density at radius 3 is 2.58 bits per heavy atom. The SMILES string of the molecule is CCCN(CCC)C(=O)c1cnn2c(-c3ccc(C)o3)ccnc12. The second-order valence-electron chi connectivity index (χ2n) is 5.83. The summed E-state index contributed by atoms with van der Waals surface area (Å²) in [5, 5.41) is 4.37. The zero-order valence-electron chi connectivity index (χ0n) is 14.3. The maximum Gasteiger partial charge on any atom is 0.259 e. The fourth-order valence-corrected chi connectivity index (χ4v) is 2.83. The summed E-state index contributed by atoms with van der Waals surface area (Å²) in [7, 11) is 0. The number of aromatic nitrogens is 3. The van der Waals surface area contributed by atoms with Crippen LogP contribution >= 0.6 is 0 Å². The molecule has 126 valence electrons. The maximum absolute atomic E-state index is 12.9. The number of hydrogen-bond donors (Lipinski definition) is 0. The summed E-state index contributed by atoms with van der Waals surface area (Å²) in [6.07, 6.45) is 5.14. The van der Waals surface area contributed by atoms with Crippen LogP contribution in [-0.4, -0.2) is 38.5 Å². The normalized spacial score (nSPS) is 11.1. The van der Waals surface area contributed by atoms with Crippen molar-refractivity contribution in [3.8, 4) is 11.5 Å². The van der Waals surface area contributed by atoms with Gasteiger partial charge in [0, 0.05) is 19.3 Å². The van der Waals surface area contributed by atoms with Gasteiger partial charge >= 0.3 is 0 Å². The molecule has 0 spiro atoms. The van der Waals surface area contributed by atoms with E-state index in [9.17, 15) is 4.79 Å². The molecule has 0 saturated heterocycles. The van der Waals surface area contributed by atoms with Crippen molar-refractivity contribution in [1.82, 2.24) is 19.5 Å². The van der Waals surface area contributed by atoms with Gasteiger partial charge in [0.25, 0.3) is 5.91 Å². The van der Waals surface area contributed by atoms with Crippen LogP contribution < -0.4 is 0 Å². The summed E-state index contributed by atoms with van der Waals surface area (Å²) in [6, 6.07) is 5.64. The Balaban J connectivity index is 2.03. The van der Waals surface area contributed by atoms with Gasteiger partial charge in [-0.25, -0.2) is 9.50 Å². The zero-order valence-corrected chi connectivity index (χ0v) is 14.3. The Morgan fingerprint density at radius 1 is 1.21 bits per heavy atom. The third kappa shape index (κ3) is 2.91. The van der Waals surface area contributed by atoms with Crippen molar-refractivity contribution >= 4 is 11.6 Å². The molecule has 0 unspecified atom stereocenters. The minimum absolute atomic E-state index is 0.0195. The monoisotopic (exact) mass is 326 g/mol. The molecule has 6 heteroatoms. The average Bonchev–Trinajstić information content (AvgIpc) is 3.20. The Bertz CT molecular complexity index is 844. The molecule has 1 amide bonds. The van der Waals surface area contributed by atoms with Crippen LogP contribution in [0.4, 0.5) is 0 Å². The number of carbonyl (C=O) groups excluding carboxylic acids is 1. The van der Waals surface area contributed by atoms with E-state index < -0.39 is 0 Å². The van der Waals surface area contributed by atoms with Crippen molar-refractivity contribution in [2.24, 2.45) is 0 Å². The Morgan fingerprint density at radius 2 is 1.96 bits per heavy atom. The number of rotatable bonds is 6. The second kappa shape index (κ2) is 6.86. The highest BCUT2D eigenvalue weighted by atomic mass is 16.3. The van der Waals surface area contributed by atoms with Gasteiger partial charge in [-0.1, -0.05) is 13.8 Å². The lowest BCUT2D eigenvalue weighted by Gasteiger charge is -2.20. The topological polar surface area (TPSA) is 63.6 Å². The summed E-state index contributed by atoms with van der Waals surface area (Å²) in [4.78, 5) is 19.1. The van der Waals surface area contributed by atoms with E-state index in [1.54, 1.807) is 16.9 Å². The van der Waals surface area contributed by atoms with Crippen molar-refractivity contribution in [2.45, 2.75) is 33.6 Å². The first-order valence-corrected chi connectivity index (χ1v) is 8.34. The predicted molar refractivity (Wildman–Crippen MR) is 91.9 cm³/mol. The van der Waals surface area contributed by atoms with Crippen molar-refractivity contribution < 1.29 is 9.21 Å². The van der Waals surface area contributed by atoms with E-state index in [0.717, 1.165) is 37.4 Å². The molecular formula is C18H22N4O2. The van der Waals surface area contributed by atoms with E-state index in [2.05, 4.69) is 23.9 Å². The third-order valence-corrected chi connectivity index (χ3v) is 3.90. The number of nitrogens with zero attached hydrogens (tertiary/aromatic N) is 4. The fraction of sp³-hybridized carbons (Fsp3) is 0.389. The summed E-state index contributed by atoms with van der Waals surface area (Å²) in [5.41, 5.74) is 1.87. The molecule has 0 saturated carbocycles. The van der Waals surface area contributed by atoms with Crippen LogP contribution in [0.15, 0.2) is 35.0 Å². The van der Waals surface area contributed by atoms with E-state index >= 15 is 0 Å². The number of carbonyl (C=O) groups is 1. The summed E-state index contributed by atoms with van der Waals surface area (Å²) < 4.78 is 7.36. The van der Waals surface area contributed by atoms with Gasteiger partial charge in [0.15, 0.2) is 11.4 Å². The van der Waals surface area contributed by atoms with Gasteiger partial charge in [-0.15, -0.1) is 0 Å². The highest BCUT2D eigenvalue weighted by Gasteiger charge is 2.21. The molecule has 0 bridgehead atoms. The standard InChI is InChI=1S/C18H22N4O2/c1-4-10-21(11-5-2)18(23)14-12-20-22-15(8-9-19-17(14)22)16-7-6-13(3)24-16/h6-9,12H,4-5,10-11H2,1-3H3. The largest absolute Gasteiger partial charge is 0.460 e. The van der Waals surface area contributed by atoms with Gasteiger partial charge in [0.1, 0.15) is 17.0 Å². The lowest BCUT2D eigenvalue weighted by molar-refractivity contribution is 0.0757. The minimum Gasteiger partial charge on any atom is -0.460 e. The molecule has 0 radical (unpaired) electrons. The van der Waals surface area contributed by atoms with E-state index in [-0.39, 0.29) is 5.91 Å².